The first-order chi connectivity index (χ1) is 14.8. The van der Waals surface area contributed by atoms with E-state index in [9.17, 15) is 17.6 Å². The van der Waals surface area contributed by atoms with Gasteiger partial charge in [0, 0.05) is 0 Å². The predicted octanol–water partition coefficient (Wildman–Crippen LogP) is 4.75. The standard InChI is InChI=1S/C23H19FN2O3S2/c1-16-10-12-18(13-11-16)31(28,29)15-21(27)26(14-17-6-3-2-4-7-17)23-25-22-19(24)8-5-9-20(22)30-23/h2-13H,14-15H2,1H3. The maximum atomic E-state index is 14.2. The average molecular weight is 455 g/mol. The van der Waals surface area contributed by atoms with Gasteiger partial charge in [-0.2, -0.15) is 0 Å². The Morgan fingerprint density at radius 2 is 1.71 bits per heavy atom. The summed E-state index contributed by atoms with van der Waals surface area (Å²) in [7, 11) is -3.85. The van der Waals surface area contributed by atoms with Crippen molar-refractivity contribution in [2.45, 2.75) is 18.4 Å². The van der Waals surface area contributed by atoms with E-state index < -0.39 is 27.3 Å². The molecule has 0 aliphatic heterocycles. The molecule has 31 heavy (non-hydrogen) atoms. The van der Waals surface area contributed by atoms with Crippen molar-refractivity contribution in [1.82, 2.24) is 4.98 Å². The molecule has 0 bridgehead atoms. The predicted molar refractivity (Wildman–Crippen MR) is 120 cm³/mol. The van der Waals surface area contributed by atoms with Crippen molar-refractivity contribution in [2.24, 2.45) is 0 Å². The number of rotatable bonds is 6. The highest BCUT2D eigenvalue weighted by Crippen LogP contribution is 2.31. The van der Waals surface area contributed by atoms with E-state index in [1.54, 1.807) is 24.3 Å². The number of carbonyl (C=O) groups excluding carboxylic acids is 1. The number of carbonyl (C=O) groups is 1. The van der Waals surface area contributed by atoms with Crippen LogP contribution in [0, 0.1) is 12.7 Å². The molecular weight excluding hydrogens is 435 g/mol. The Labute approximate surface area is 183 Å². The van der Waals surface area contributed by atoms with Crippen molar-refractivity contribution >= 4 is 42.4 Å². The molecule has 0 unspecified atom stereocenters. The van der Waals surface area contributed by atoms with Crippen LogP contribution in [-0.4, -0.2) is 25.1 Å². The number of thiazole rings is 1. The summed E-state index contributed by atoms with van der Waals surface area (Å²) in [6.45, 7) is 1.99. The molecule has 1 heterocycles. The number of sulfone groups is 1. The molecule has 0 saturated heterocycles. The molecule has 0 fully saturated rings. The van der Waals surface area contributed by atoms with Gasteiger partial charge in [-0.3, -0.25) is 9.69 Å². The number of anilines is 1. The van der Waals surface area contributed by atoms with Crippen LogP contribution < -0.4 is 4.90 Å². The number of aryl methyl sites for hydroxylation is 1. The van der Waals surface area contributed by atoms with Crippen LogP contribution in [0.1, 0.15) is 11.1 Å². The second-order valence-corrected chi connectivity index (χ2v) is 10.1. The molecule has 0 N–H and O–H groups in total. The fraction of sp³-hybridized carbons (Fsp3) is 0.130. The van der Waals surface area contributed by atoms with Crippen LogP contribution in [-0.2, 0) is 21.2 Å². The van der Waals surface area contributed by atoms with Crippen molar-refractivity contribution in [3.63, 3.8) is 0 Å². The maximum absolute atomic E-state index is 14.2. The van der Waals surface area contributed by atoms with Gasteiger partial charge in [0.1, 0.15) is 17.1 Å². The van der Waals surface area contributed by atoms with Crippen LogP contribution in [0.3, 0.4) is 0 Å². The highest BCUT2D eigenvalue weighted by atomic mass is 32.2. The lowest BCUT2D eigenvalue weighted by Gasteiger charge is -2.20. The molecule has 1 aromatic heterocycles. The minimum atomic E-state index is -3.85. The van der Waals surface area contributed by atoms with Crippen LogP contribution in [0.25, 0.3) is 10.2 Å². The van der Waals surface area contributed by atoms with Gasteiger partial charge in [-0.05, 0) is 36.8 Å². The molecule has 0 spiro atoms. The molecule has 4 rings (SSSR count). The summed E-state index contributed by atoms with van der Waals surface area (Å²) >= 11 is 1.15. The summed E-state index contributed by atoms with van der Waals surface area (Å²) in [5.74, 6) is -1.82. The first-order valence-corrected chi connectivity index (χ1v) is 12.0. The zero-order chi connectivity index (χ0) is 22.0. The van der Waals surface area contributed by atoms with Gasteiger partial charge in [0.15, 0.2) is 15.0 Å². The van der Waals surface area contributed by atoms with E-state index in [2.05, 4.69) is 4.98 Å². The molecule has 3 aromatic carbocycles. The summed E-state index contributed by atoms with van der Waals surface area (Å²) in [5, 5.41) is 0.257. The van der Waals surface area contributed by atoms with Crippen molar-refractivity contribution in [1.29, 1.82) is 0 Å². The number of fused-ring (bicyclic) bond motifs is 1. The summed E-state index contributed by atoms with van der Waals surface area (Å²) in [4.78, 5) is 18.9. The Morgan fingerprint density at radius 1 is 1.00 bits per heavy atom. The van der Waals surface area contributed by atoms with E-state index in [-0.39, 0.29) is 22.1 Å². The van der Waals surface area contributed by atoms with Gasteiger partial charge in [-0.15, -0.1) is 0 Å². The normalized spacial score (nSPS) is 11.5. The third-order valence-corrected chi connectivity index (χ3v) is 7.43. The lowest BCUT2D eigenvalue weighted by Crippen LogP contribution is -2.35. The van der Waals surface area contributed by atoms with Crippen LogP contribution in [0.15, 0.2) is 77.7 Å². The molecule has 0 saturated carbocycles. The quantitative estimate of drug-likeness (QED) is 0.422. The maximum Gasteiger partial charge on any atom is 0.244 e. The minimum Gasteiger partial charge on any atom is -0.283 e. The van der Waals surface area contributed by atoms with Crippen LogP contribution in [0.5, 0.6) is 0 Å². The summed E-state index contributed by atoms with van der Waals surface area (Å²) < 4.78 is 40.4. The topological polar surface area (TPSA) is 67.3 Å². The van der Waals surface area contributed by atoms with Gasteiger partial charge in [0.2, 0.25) is 5.91 Å². The summed E-state index contributed by atoms with van der Waals surface area (Å²) in [6, 6.07) is 20.1. The Morgan fingerprint density at radius 3 is 2.39 bits per heavy atom. The zero-order valence-electron chi connectivity index (χ0n) is 16.7. The zero-order valence-corrected chi connectivity index (χ0v) is 18.3. The highest BCUT2D eigenvalue weighted by molar-refractivity contribution is 7.92. The van der Waals surface area contributed by atoms with E-state index in [0.29, 0.717) is 4.70 Å². The summed E-state index contributed by atoms with van der Waals surface area (Å²) in [6.07, 6.45) is 0. The monoisotopic (exact) mass is 454 g/mol. The van der Waals surface area contributed by atoms with Crippen molar-refractivity contribution in [2.75, 3.05) is 10.7 Å². The average Bonchev–Trinajstić information content (AvgIpc) is 3.18. The SMILES string of the molecule is Cc1ccc(S(=O)(=O)CC(=O)N(Cc2ccccc2)c2nc3c(F)cccc3s2)cc1. The van der Waals surface area contributed by atoms with Gasteiger partial charge < -0.3 is 0 Å². The first-order valence-electron chi connectivity index (χ1n) is 9.52. The number of hydrogen-bond acceptors (Lipinski definition) is 5. The number of aromatic nitrogens is 1. The minimum absolute atomic E-state index is 0.0847. The lowest BCUT2D eigenvalue weighted by molar-refractivity contribution is -0.116. The number of para-hydroxylation sites is 1. The smallest absolute Gasteiger partial charge is 0.244 e. The van der Waals surface area contributed by atoms with Gasteiger partial charge in [-0.25, -0.2) is 17.8 Å². The van der Waals surface area contributed by atoms with Crippen LogP contribution in [0.4, 0.5) is 9.52 Å². The van der Waals surface area contributed by atoms with Crippen LogP contribution >= 0.6 is 11.3 Å². The lowest BCUT2D eigenvalue weighted by atomic mass is 10.2. The first kappa shape index (κ1) is 21.1. The molecule has 4 aromatic rings. The van der Waals surface area contributed by atoms with Gasteiger partial charge in [-0.1, -0.05) is 65.4 Å². The fourth-order valence-corrected chi connectivity index (χ4v) is 5.31. The fourth-order valence-electron chi connectivity index (χ4n) is 3.12. The molecule has 158 valence electrons. The molecule has 5 nitrogen and oxygen atoms in total. The second kappa shape index (κ2) is 8.56. The van der Waals surface area contributed by atoms with E-state index in [0.717, 1.165) is 22.5 Å². The molecule has 8 heteroatoms. The van der Waals surface area contributed by atoms with Crippen molar-refractivity contribution in [3.05, 3.63) is 89.7 Å². The molecule has 0 radical (unpaired) electrons. The molecular formula is C23H19FN2O3S2. The van der Waals surface area contributed by atoms with Crippen molar-refractivity contribution in [3.8, 4) is 0 Å². The number of halogens is 1. The molecule has 0 atom stereocenters. The Balaban J connectivity index is 1.70. The van der Waals surface area contributed by atoms with E-state index in [1.165, 1.54) is 23.1 Å². The third-order valence-electron chi connectivity index (χ3n) is 4.77. The number of benzene rings is 3. The molecule has 0 aliphatic carbocycles. The third kappa shape index (κ3) is 4.65. The van der Waals surface area contributed by atoms with Crippen LogP contribution in [0.2, 0.25) is 0 Å². The van der Waals surface area contributed by atoms with Gasteiger partial charge in [0.25, 0.3) is 0 Å². The Bertz CT molecular complexity index is 1330. The summed E-state index contributed by atoms with van der Waals surface area (Å²) in [5.41, 5.74) is 1.89. The van der Waals surface area contributed by atoms with Gasteiger partial charge in [0.05, 0.1) is 16.1 Å². The number of amides is 1. The largest absolute Gasteiger partial charge is 0.283 e. The Kier molecular flexibility index (Phi) is 5.84. The van der Waals surface area contributed by atoms with E-state index in [1.807, 2.05) is 37.3 Å². The van der Waals surface area contributed by atoms with E-state index >= 15 is 0 Å². The number of nitrogens with zero attached hydrogens (tertiary/aromatic N) is 2. The van der Waals surface area contributed by atoms with Crippen molar-refractivity contribution < 1.29 is 17.6 Å². The van der Waals surface area contributed by atoms with E-state index in [4.69, 9.17) is 0 Å². The Hall–Kier alpha value is -3.10. The second-order valence-electron chi connectivity index (χ2n) is 7.12. The highest BCUT2D eigenvalue weighted by Gasteiger charge is 2.27. The van der Waals surface area contributed by atoms with Gasteiger partial charge >= 0.3 is 0 Å². The molecule has 1 amide bonds. The molecule has 0 aliphatic rings. The number of hydrogen-bond donors (Lipinski definition) is 0.